The van der Waals surface area contributed by atoms with Crippen LogP contribution in [0.2, 0.25) is 0 Å². The van der Waals surface area contributed by atoms with Gasteiger partial charge in [-0.15, -0.1) is 0 Å². The molecule has 0 aromatic heterocycles. The van der Waals surface area contributed by atoms with Crippen LogP contribution in [-0.4, -0.2) is 25.0 Å². The van der Waals surface area contributed by atoms with Gasteiger partial charge in [-0.05, 0) is 55.0 Å². The molecule has 4 N–H and O–H groups in total. The quantitative estimate of drug-likeness (QED) is 0.416. The summed E-state index contributed by atoms with van der Waals surface area (Å²) in [5, 5.41) is 5.95. The number of benzene rings is 2. The molecule has 0 aliphatic heterocycles. The average Bonchev–Trinajstić information content (AvgIpc) is 2.65. The third kappa shape index (κ3) is 5.48. The molecule has 0 saturated carbocycles. The van der Waals surface area contributed by atoms with Crippen LogP contribution in [0.4, 0.5) is 11.4 Å². The Hall–Kier alpha value is -3.02. The molecule has 27 heavy (non-hydrogen) atoms. The molecule has 0 spiro atoms. The van der Waals surface area contributed by atoms with E-state index >= 15 is 0 Å². The van der Waals surface area contributed by atoms with Crippen LogP contribution in [0.5, 0.6) is 5.75 Å². The van der Waals surface area contributed by atoms with E-state index in [0.29, 0.717) is 30.5 Å². The average molecular weight is 366 g/mol. The van der Waals surface area contributed by atoms with Crippen molar-refractivity contribution in [1.82, 2.24) is 0 Å². The maximum atomic E-state index is 11.1. The molecule has 3 rings (SSSR count). The summed E-state index contributed by atoms with van der Waals surface area (Å²) >= 11 is 0. The molecule has 0 unspecified atom stereocenters. The SMILES string of the molecule is CC(=O)Nc1cccc(OCCN=C(N)Nc2cccc3c2CCCC3)c1. The van der Waals surface area contributed by atoms with Gasteiger partial charge in [-0.25, -0.2) is 4.99 Å². The summed E-state index contributed by atoms with van der Waals surface area (Å²) in [6, 6.07) is 13.6. The third-order valence-electron chi connectivity index (χ3n) is 4.46. The van der Waals surface area contributed by atoms with Gasteiger partial charge in [-0.2, -0.15) is 0 Å². The van der Waals surface area contributed by atoms with Crippen molar-refractivity contribution in [3.05, 3.63) is 53.6 Å². The van der Waals surface area contributed by atoms with Crippen molar-refractivity contribution < 1.29 is 9.53 Å². The minimum absolute atomic E-state index is 0.112. The Bertz CT molecular complexity index is 833. The Balaban J connectivity index is 1.51. The second kappa shape index (κ2) is 9.07. The van der Waals surface area contributed by atoms with E-state index in [-0.39, 0.29) is 5.91 Å². The second-order valence-corrected chi connectivity index (χ2v) is 6.60. The fraction of sp³-hybridized carbons (Fsp3) is 0.333. The summed E-state index contributed by atoms with van der Waals surface area (Å²) in [7, 11) is 0. The molecule has 0 heterocycles. The first kappa shape index (κ1) is 18.8. The monoisotopic (exact) mass is 366 g/mol. The minimum Gasteiger partial charge on any atom is -0.492 e. The molecule has 0 bridgehead atoms. The Kier molecular flexibility index (Phi) is 6.30. The Labute approximate surface area is 159 Å². The summed E-state index contributed by atoms with van der Waals surface area (Å²) in [6.45, 7) is 2.32. The molecule has 0 radical (unpaired) electrons. The lowest BCUT2D eigenvalue weighted by Crippen LogP contribution is -2.25. The van der Waals surface area contributed by atoms with Crippen LogP contribution < -0.4 is 21.1 Å². The lowest BCUT2D eigenvalue weighted by Gasteiger charge is -2.19. The van der Waals surface area contributed by atoms with Crippen LogP contribution in [0.25, 0.3) is 0 Å². The number of carbonyl (C=O) groups excluding carboxylic acids is 1. The number of fused-ring (bicyclic) bond motifs is 1. The molecule has 2 aromatic rings. The zero-order valence-electron chi connectivity index (χ0n) is 15.6. The number of amides is 1. The number of rotatable bonds is 6. The van der Waals surface area contributed by atoms with Gasteiger partial charge >= 0.3 is 0 Å². The lowest BCUT2D eigenvalue weighted by molar-refractivity contribution is -0.114. The zero-order valence-corrected chi connectivity index (χ0v) is 15.6. The van der Waals surface area contributed by atoms with Crippen LogP contribution in [0.3, 0.4) is 0 Å². The highest BCUT2D eigenvalue weighted by molar-refractivity contribution is 5.93. The van der Waals surface area contributed by atoms with Crippen LogP contribution in [-0.2, 0) is 17.6 Å². The third-order valence-corrected chi connectivity index (χ3v) is 4.46. The molecule has 6 nitrogen and oxygen atoms in total. The number of guanidine groups is 1. The molecule has 1 aliphatic carbocycles. The van der Waals surface area contributed by atoms with Crippen molar-refractivity contribution in [1.29, 1.82) is 0 Å². The Morgan fingerprint density at radius 3 is 2.81 bits per heavy atom. The van der Waals surface area contributed by atoms with Crippen LogP contribution in [0.15, 0.2) is 47.5 Å². The van der Waals surface area contributed by atoms with Crippen molar-refractivity contribution in [3.63, 3.8) is 0 Å². The van der Waals surface area contributed by atoms with Gasteiger partial charge in [0.2, 0.25) is 5.91 Å². The molecule has 1 aliphatic rings. The highest BCUT2D eigenvalue weighted by Crippen LogP contribution is 2.27. The zero-order chi connectivity index (χ0) is 19.1. The Morgan fingerprint density at radius 1 is 1.15 bits per heavy atom. The molecule has 2 aromatic carbocycles. The number of nitrogens with zero attached hydrogens (tertiary/aromatic N) is 1. The highest BCUT2D eigenvalue weighted by Gasteiger charge is 2.13. The topological polar surface area (TPSA) is 88.7 Å². The number of anilines is 2. The first-order valence-electron chi connectivity index (χ1n) is 9.30. The van der Waals surface area contributed by atoms with Gasteiger partial charge < -0.3 is 21.1 Å². The standard InChI is InChI=1S/C21H26N4O2/c1-15(26)24-17-8-5-9-18(14-17)27-13-12-23-21(22)25-20-11-4-7-16-6-2-3-10-19(16)20/h4-5,7-9,11,14H,2-3,6,10,12-13H2,1H3,(H,24,26)(H3,22,23,25). The highest BCUT2D eigenvalue weighted by atomic mass is 16.5. The molecule has 6 heteroatoms. The number of nitrogens with two attached hydrogens (primary N) is 1. The fourth-order valence-electron chi connectivity index (χ4n) is 3.27. The van der Waals surface area contributed by atoms with E-state index in [2.05, 4.69) is 33.8 Å². The number of aryl methyl sites for hydroxylation is 1. The maximum absolute atomic E-state index is 11.1. The molecule has 0 fully saturated rings. The summed E-state index contributed by atoms with van der Waals surface area (Å²) < 4.78 is 5.68. The number of aliphatic imine (C=N–C) groups is 1. The summed E-state index contributed by atoms with van der Waals surface area (Å²) in [5.41, 5.74) is 10.6. The van der Waals surface area contributed by atoms with Gasteiger partial charge in [0.05, 0.1) is 6.54 Å². The minimum atomic E-state index is -0.112. The van der Waals surface area contributed by atoms with Gasteiger partial charge in [0.25, 0.3) is 0 Å². The van der Waals surface area contributed by atoms with E-state index in [1.807, 2.05) is 18.2 Å². The van der Waals surface area contributed by atoms with Crippen molar-refractivity contribution in [2.45, 2.75) is 32.6 Å². The molecule has 0 atom stereocenters. The van der Waals surface area contributed by atoms with Crippen LogP contribution >= 0.6 is 0 Å². The van der Waals surface area contributed by atoms with Crippen molar-refractivity contribution >= 4 is 23.2 Å². The molecule has 0 saturated heterocycles. The number of hydrogen-bond donors (Lipinski definition) is 3. The van der Waals surface area contributed by atoms with E-state index in [4.69, 9.17) is 10.5 Å². The molecular weight excluding hydrogens is 340 g/mol. The number of carbonyl (C=O) groups is 1. The summed E-state index contributed by atoms with van der Waals surface area (Å²) in [4.78, 5) is 15.5. The number of hydrogen-bond acceptors (Lipinski definition) is 3. The summed E-state index contributed by atoms with van der Waals surface area (Å²) in [5.74, 6) is 0.961. The van der Waals surface area contributed by atoms with Gasteiger partial charge in [0, 0.05) is 24.4 Å². The van der Waals surface area contributed by atoms with Gasteiger partial charge in [0.15, 0.2) is 5.96 Å². The van der Waals surface area contributed by atoms with E-state index in [1.165, 1.54) is 30.9 Å². The van der Waals surface area contributed by atoms with Crippen LogP contribution in [0.1, 0.15) is 30.9 Å². The van der Waals surface area contributed by atoms with Gasteiger partial charge in [0.1, 0.15) is 12.4 Å². The van der Waals surface area contributed by atoms with Gasteiger partial charge in [-0.3, -0.25) is 4.79 Å². The summed E-state index contributed by atoms with van der Waals surface area (Å²) in [6.07, 6.45) is 4.68. The van der Waals surface area contributed by atoms with Gasteiger partial charge in [-0.1, -0.05) is 18.2 Å². The normalized spacial score (nSPS) is 13.6. The predicted octanol–water partition coefficient (Wildman–Crippen LogP) is 3.33. The van der Waals surface area contributed by atoms with E-state index < -0.39 is 0 Å². The largest absolute Gasteiger partial charge is 0.492 e. The second-order valence-electron chi connectivity index (χ2n) is 6.60. The van der Waals surface area contributed by atoms with E-state index in [1.54, 1.807) is 6.07 Å². The number of ether oxygens (including phenoxy) is 1. The molecule has 1 amide bonds. The van der Waals surface area contributed by atoms with E-state index in [9.17, 15) is 4.79 Å². The van der Waals surface area contributed by atoms with Crippen LogP contribution in [0, 0.1) is 0 Å². The van der Waals surface area contributed by atoms with Crippen molar-refractivity contribution in [2.75, 3.05) is 23.8 Å². The smallest absolute Gasteiger partial charge is 0.221 e. The molecule has 142 valence electrons. The number of nitrogens with one attached hydrogen (secondary N) is 2. The fourth-order valence-corrected chi connectivity index (χ4v) is 3.27. The first-order chi connectivity index (χ1) is 13.1. The maximum Gasteiger partial charge on any atom is 0.221 e. The molecular formula is C21H26N4O2. The van der Waals surface area contributed by atoms with E-state index in [0.717, 1.165) is 18.5 Å². The lowest BCUT2D eigenvalue weighted by atomic mass is 9.90. The predicted molar refractivity (Wildman–Crippen MR) is 109 cm³/mol. The van der Waals surface area contributed by atoms with Crippen molar-refractivity contribution in [2.24, 2.45) is 10.7 Å². The first-order valence-corrected chi connectivity index (χ1v) is 9.30. The van der Waals surface area contributed by atoms with Crippen molar-refractivity contribution in [3.8, 4) is 5.75 Å². The Morgan fingerprint density at radius 2 is 1.96 bits per heavy atom.